The highest BCUT2D eigenvalue weighted by Gasteiger charge is 2.19. The van der Waals surface area contributed by atoms with Crippen LogP contribution in [0, 0.1) is 12.8 Å². The Morgan fingerprint density at radius 1 is 1.60 bits per heavy atom. The summed E-state index contributed by atoms with van der Waals surface area (Å²) in [5.41, 5.74) is 0.818. The van der Waals surface area contributed by atoms with Crippen molar-refractivity contribution in [2.24, 2.45) is 5.92 Å². The van der Waals surface area contributed by atoms with Crippen LogP contribution >= 0.6 is 0 Å². The predicted molar refractivity (Wildman–Crippen MR) is 58.8 cm³/mol. The fourth-order valence-electron chi connectivity index (χ4n) is 1.51. The molecule has 1 saturated carbocycles. The summed E-state index contributed by atoms with van der Waals surface area (Å²) >= 11 is 0. The van der Waals surface area contributed by atoms with Crippen LogP contribution in [0.25, 0.3) is 0 Å². The van der Waals surface area contributed by atoms with Gasteiger partial charge in [0.05, 0.1) is 6.33 Å². The van der Waals surface area contributed by atoms with Crippen LogP contribution in [0.4, 0.5) is 0 Å². The molecule has 1 aromatic rings. The summed E-state index contributed by atoms with van der Waals surface area (Å²) < 4.78 is 1.65. The largest absolute Gasteiger partial charge is 0.315 e. The lowest BCUT2D eigenvalue weighted by atomic mass is 10.4. The number of aromatic nitrogens is 2. The molecule has 1 fully saturated rings. The molecule has 4 heteroatoms. The molecule has 0 unspecified atom stereocenters. The zero-order valence-corrected chi connectivity index (χ0v) is 9.07. The van der Waals surface area contributed by atoms with Crippen LogP contribution in [0.5, 0.6) is 0 Å². The Labute approximate surface area is 89.3 Å². The number of rotatable bonds is 5. The molecule has 0 aliphatic heterocycles. The Hall–Kier alpha value is -1.16. The van der Waals surface area contributed by atoms with E-state index >= 15 is 0 Å². The highest BCUT2D eigenvalue weighted by molar-refractivity contribution is 4.95. The quantitative estimate of drug-likeness (QED) is 0.717. The van der Waals surface area contributed by atoms with Gasteiger partial charge >= 0.3 is 0 Å². The maximum atomic E-state index is 11.5. The molecule has 1 aliphatic carbocycles. The molecule has 0 radical (unpaired) electrons. The molecule has 82 valence electrons. The lowest BCUT2D eigenvalue weighted by Crippen LogP contribution is -2.28. The molecule has 0 aromatic carbocycles. The first-order valence-electron chi connectivity index (χ1n) is 5.49. The Morgan fingerprint density at radius 2 is 2.40 bits per heavy atom. The molecule has 0 saturated heterocycles. The first-order valence-corrected chi connectivity index (χ1v) is 5.49. The Bertz CT molecular complexity index is 382. The summed E-state index contributed by atoms with van der Waals surface area (Å²) in [7, 11) is 0. The standard InChI is InChI=1S/C11H17N3O/c1-9-6-11(15)14(8-13-9)5-4-12-7-10-2-3-10/h6,8,10,12H,2-5,7H2,1H3. The van der Waals surface area contributed by atoms with Crippen LogP contribution < -0.4 is 10.9 Å². The minimum Gasteiger partial charge on any atom is -0.315 e. The van der Waals surface area contributed by atoms with E-state index in [4.69, 9.17) is 0 Å². The van der Waals surface area contributed by atoms with E-state index < -0.39 is 0 Å². The second-order valence-corrected chi connectivity index (χ2v) is 4.21. The summed E-state index contributed by atoms with van der Waals surface area (Å²) in [6.07, 6.45) is 4.34. The maximum absolute atomic E-state index is 11.5. The number of nitrogens with one attached hydrogen (secondary N) is 1. The van der Waals surface area contributed by atoms with E-state index in [0.717, 1.165) is 24.7 Å². The minimum atomic E-state index is 0.0377. The molecule has 2 rings (SSSR count). The van der Waals surface area contributed by atoms with Crippen LogP contribution in [-0.2, 0) is 6.54 Å². The molecule has 4 nitrogen and oxygen atoms in total. The van der Waals surface area contributed by atoms with Gasteiger partial charge in [0.2, 0.25) is 0 Å². The summed E-state index contributed by atoms with van der Waals surface area (Å²) in [6, 6.07) is 1.57. The summed E-state index contributed by atoms with van der Waals surface area (Å²) in [5.74, 6) is 0.887. The highest BCUT2D eigenvalue weighted by atomic mass is 16.1. The van der Waals surface area contributed by atoms with Crippen LogP contribution in [0.15, 0.2) is 17.2 Å². The van der Waals surface area contributed by atoms with Crippen molar-refractivity contribution in [3.63, 3.8) is 0 Å². The average molecular weight is 207 g/mol. The average Bonchev–Trinajstić information content (AvgIpc) is 2.99. The molecule has 0 atom stereocenters. The summed E-state index contributed by atoms with van der Waals surface area (Å²) in [6.45, 7) is 4.48. The van der Waals surface area contributed by atoms with Crippen molar-refractivity contribution in [3.8, 4) is 0 Å². The van der Waals surface area contributed by atoms with Crippen LogP contribution in [0.3, 0.4) is 0 Å². The molecule has 1 aromatic heterocycles. The SMILES string of the molecule is Cc1cc(=O)n(CCNCC2CC2)cn1. The van der Waals surface area contributed by atoms with E-state index in [-0.39, 0.29) is 5.56 Å². The van der Waals surface area contributed by atoms with E-state index in [0.29, 0.717) is 6.54 Å². The lowest BCUT2D eigenvalue weighted by Gasteiger charge is -2.06. The zero-order valence-electron chi connectivity index (χ0n) is 9.07. The number of hydrogen-bond donors (Lipinski definition) is 1. The predicted octanol–water partition coefficient (Wildman–Crippen LogP) is 0.551. The number of aryl methyl sites for hydroxylation is 1. The third-order valence-electron chi connectivity index (χ3n) is 2.68. The fourth-order valence-corrected chi connectivity index (χ4v) is 1.51. The van der Waals surface area contributed by atoms with Crippen molar-refractivity contribution in [3.05, 3.63) is 28.4 Å². The van der Waals surface area contributed by atoms with Gasteiger partial charge in [-0.3, -0.25) is 9.36 Å². The molecule has 1 N–H and O–H groups in total. The Balaban J connectivity index is 1.79. The van der Waals surface area contributed by atoms with Gasteiger partial charge in [0, 0.05) is 24.8 Å². The van der Waals surface area contributed by atoms with E-state index in [1.165, 1.54) is 12.8 Å². The molecule has 0 spiro atoms. The van der Waals surface area contributed by atoms with Gasteiger partial charge in [-0.1, -0.05) is 0 Å². The number of nitrogens with zero attached hydrogens (tertiary/aromatic N) is 2. The molecule has 0 bridgehead atoms. The van der Waals surface area contributed by atoms with Crippen molar-refractivity contribution in [2.75, 3.05) is 13.1 Å². The van der Waals surface area contributed by atoms with Crippen LogP contribution in [0.2, 0.25) is 0 Å². The lowest BCUT2D eigenvalue weighted by molar-refractivity contribution is 0.560. The first kappa shape index (κ1) is 10.4. The second kappa shape index (κ2) is 4.57. The number of hydrogen-bond acceptors (Lipinski definition) is 3. The van der Waals surface area contributed by atoms with E-state index in [1.807, 2.05) is 6.92 Å². The van der Waals surface area contributed by atoms with E-state index in [2.05, 4.69) is 10.3 Å². The monoisotopic (exact) mass is 207 g/mol. The zero-order chi connectivity index (χ0) is 10.7. The molecule has 1 heterocycles. The first-order chi connectivity index (χ1) is 7.25. The summed E-state index contributed by atoms with van der Waals surface area (Å²) in [5, 5.41) is 3.35. The van der Waals surface area contributed by atoms with Crippen molar-refractivity contribution in [2.45, 2.75) is 26.3 Å². The summed E-state index contributed by atoms with van der Waals surface area (Å²) in [4.78, 5) is 15.6. The van der Waals surface area contributed by atoms with Crippen molar-refractivity contribution < 1.29 is 0 Å². The third-order valence-corrected chi connectivity index (χ3v) is 2.68. The van der Waals surface area contributed by atoms with Crippen LogP contribution in [-0.4, -0.2) is 22.6 Å². The highest BCUT2D eigenvalue weighted by Crippen LogP contribution is 2.27. The van der Waals surface area contributed by atoms with Gasteiger partial charge in [0.15, 0.2) is 0 Å². The van der Waals surface area contributed by atoms with Crippen molar-refractivity contribution >= 4 is 0 Å². The molecular formula is C11H17N3O. The fraction of sp³-hybridized carbons (Fsp3) is 0.636. The van der Waals surface area contributed by atoms with Crippen molar-refractivity contribution in [1.29, 1.82) is 0 Å². The van der Waals surface area contributed by atoms with Gasteiger partial charge in [-0.2, -0.15) is 0 Å². The van der Waals surface area contributed by atoms with E-state index in [1.54, 1.807) is 17.0 Å². The second-order valence-electron chi connectivity index (χ2n) is 4.21. The van der Waals surface area contributed by atoms with Gasteiger partial charge in [-0.25, -0.2) is 4.98 Å². The Kier molecular flexibility index (Phi) is 3.16. The van der Waals surface area contributed by atoms with Gasteiger partial charge in [0.1, 0.15) is 0 Å². The van der Waals surface area contributed by atoms with Gasteiger partial charge < -0.3 is 5.32 Å². The van der Waals surface area contributed by atoms with E-state index in [9.17, 15) is 4.79 Å². The normalized spacial score (nSPS) is 15.5. The van der Waals surface area contributed by atoms with Gasteiger partial charge in [-0.05, 0) is 32.2 Å². The topological polar surface area (TPSA) is 46.9 Å². The van der Waals surface area contributed by atoms with Gasteiger partial charge in [-0.15, -0.1) is 0 Å². The molecule has 15 heavy (non-hydrogen) atoms. The van der Waals surface area contributed by atoms with Gasteiger partial charge in [0.25, 0.3) is 5.56 Å². The molecule has 1 aliphatic rings. The Morgan fingerprint density at radius 3 is 3.07 bits per heavy atom. The van der Waals surface area contributed by atoms with Crippen molar-refractivity contribution in [1.82, 2.24) is 14.9 Å². The minimum absolute atomic E-state index is 0.0377. The smallest absolute Gasteiger partial charge is 0.253 e. The third kappa shape index (κ3) is 3.16. The molecule has 0 amide bonds. The maximum Gasteiger partial charge on any atom is 0.253 e. The molecular weight excluding hydrogens is 190 g/mol. The van der Waals surface area contributed by atoms with Crippen LogP contribution in [0.1, 0.15) is 18.5 Å².